The lowest BCUT2D eigenvalue weighted by atomic mass is 10.0. The minimum Gasteiger partial charge on any atom is -0.353 e. The summed E-state index contributed by atoms with van der Waals surface area (Å²) < 4.78 is 0. The molecule has 1 aromatic rings. The number of piperidine rings is 1. The largest absolute Gasteiger partial charge is 0.353 e. The van der Waals surface area contributed by atoms with E-state index in [9.17, 15) is 9.59 Å². The number of rotatable bonds is 3. The first-order chi connectivity index (χ1) is 9.24. The van der Waals surface area contributed by atoms with Crippen molar-refractivity contribution in [2.45, 2.75) is 31.7 Å². The van der Waals surface area contributed by atoms with Crippen LogP contribution in [-0.2, 0) is 4.79 Å². The van der Waals surface area contributed by atoms with Crippen LogP contribution in [0.4, 0.5) is 0 Å². The molecule has 2 heterocycles. The van der Waals surface area contributed by atoms with Gasteiger partial charge in [-0.2, -0.15) is 5.21 Å². The zero-order valence-electron chi connectivity index (χ0n) is 10.5. The first kappa shape index (κ1) is 12.1. The number of aromatic amines is 1. The number of carbonyl (C=O) groups is 2. The van der Waals surface area contributed by atoms with Crippen LogP contribution >= 0.6 is 0 Å². The molecule has 8 heteroatoms. The van der Waals surface area contributed by atoms with Crippen molar-refractivity contribution in [3.8, 4) is 0 Å². The highest BCUT2D eigenvalue weighted by molar-refractivity contribution is 5.90. The zero-order chi connectivity index (χ0) is 13.2. The highest BCUT2D eigenvalue weighted by atomic mass is 16.2. The lowest BCUT2D eigenvalue weighted by Crippen LogP contribution is -2.47. The summed E-state index contributed by atoms with van der Waals surface area (Å²) >= 11 is 0. The number of nitrogens with zero attached hydrogens (tertiary/aromatic N) is 4. The average molecular weight is 264 g/mol. The number of likely N-dealkylation sites (tertiary alicyclic amines) is 1. The molecule has 1 saturated carbocycles. The number of hydrogen-bond acceptors (Lipinski definition) is 5. The van der Waals surface area contributed by atoms with Crippen LogP contribution in [0.2, 0.25) is 0 Å². The predicted octanol–water partition coefficient (Wildman–Crippen LogP) is -0.670. The molecule has 2 fully saturated rings. The molecule has 0 radical (unpaired) electrons. The van der Waals surface area contributed by atoms with Gasteiger partial charge in [-0.25, -0.2) is 0 Å². The number of nitrogens with one attached hydrogen (secondary N) is 2. The third kappa shape index (κ3) is 2.72. The Morgan fingerprint density at radius 3 is 2.53 bits per heavy atom. The number of hydrogen-bond donors (Lipinski definition) is 2. The monoisotopic (exact) mass is 264 g/mol. The van der Waals surface area contributed by atoms with Gasteiger partial charge in [0.2, 0.25) is 5.91 Å². The molecule has 0 unspecified atom stereocenters. The van der Waals surface area contributed by atoms with Gasteiger partial charge in [0, 0.05) is 25.0 Å². The molecule has 8 nitrogen and oxygen atoms in total. The highest BCUT2D eigenvalue weighted by Crippen LogP contribution is 2.29. The molecule has 0 atom stereocenters. The van der Waals surface area contributed by atoms with Crippen LogP contribution < -0.4 is 5.32 Å². The maximum absolute atomic E-state index is 12.0. The quantitative estimate of drug-likeness (QED) is 0.753. The fourth-order valence-corrected chi connectivity index (χ4v) is 2.29. The van der Waals surface area contributed by atoms with Gasteiger partial charge in [-0.15, -0.1) is 10.2 Å². The highest BCUT2D eigenvalue weighted by Gasteiger charge is 2.32. The lowest BCUT2D eigenvalue weighted by molar-refractivity contribution is -0.123. The molecule has 2 amide bonds. The normalized spacial score (nSPS) is 20.3. The summed E-state index contributed by atoms with van der Waals surface area (Å²) in [5, 5.41) is 16.1. The minimum atomic E-state index is -0.208. The average Bonchev–Trinajstić information content (AvgIpc) is 3.14. The van der Waals surface area contributed by atoms with Crippen molar-refractivity contribution in [2.24, 2.45) is 5.92 Å². The first-order valence-electron chi connectivity index (χ1n) is 6.57. The summed E-state index contributed by atoms with van der Waals surface area (Å²) in [4.78, 5) is 25.3. The van der Waals surface area contributed by atoms with Gasteiger partial charge in [0.1, 0.15) is 0 Å². The second kappa shape index (κ2) is 4.94. The van der Waals surface area contributed by atoms with Gasteiger partial charge in [-0.1, -0.05) is 0 Å². The Labute approximate surface area is 109 Å². The third-order valence-electron chi connectivity index (χ3n) is 3.61. The van der Waals surface area contributed by atoms with E-state index in [1.54, 1.807) is 4.90 Å². The van der Waals surface area contributed by atoms with Crippen molar-refractivity contribution in [2.75, 3.05) is 13.1 Å². The predicted molar refractivity (Wildman–Crippen MR) is 64.0 cm³/mol. The molecule has 2 aliphatic rings. The van der Waals surface area contributed by atoms with Crippen molar-refractivity contribution in [1.29, 1.82) is 0 Å². The molecule has 0 spiro atoms. The Balaban J connectivity index is 1.49. The van der Waals surface area contributed by atoms with Gasteiger partial charge in [0.15, 0.2) is 0 Å². The molecule has 2 N–H and O–H groups in total. The summed E-state index contributed by atoms with van der Waals surface area (Å²) in [5.74, 6) is 0.295. The van der Waals surface area contributed by atoms with Crippen molar-refractivity contribution >= 4 is 11.8 Å². The van der Waals surface area contributed by atoms with Crippen molar-refractivity contribution in [1.82, 2.24) is 30.8 Å². The SMILES string of the molecule is O=C(NC1CCN(C(=O)c2nn[nH]n2)CC1)C1CC1. The smallest absolute Gasteiger partial charge is 0.295 e. The lowest BCUT2D eigenvalue weighted by Gasteiger charge is -2.31. The van der Waals surface area contributed by atoms with E-state index in [4.69, 9.17) is 0 Å². The number of aromatic nitrogens is 4. The molecular weight excluding hydrogens is 248 g/mol. The number of tetrazole rings is 1. The van der Waals surface area contributed by atoms with Gasteiger partial charge in [-0.3, -0.25) is 9.59 Å². The Bertz CT molecular complexity index is 462. The molecule has 3 rings (SSSR count). The fraction of sp³-hybridized carbons (Fsp3) is 0.727. The van der Waals surface area contributed by atoms with E-state index in [2.05, 4.69) is 25.9 Å². The summed E-state index contributed by atoms with van der Waals surface area (Å²) in [6.07, 6.45) is 3.59. The van der Waals surface area contributed by atoms with Crippen LogP contribution in [0.5, 0.6) is 0 Å². The summed E-state index contributed by atoms with van der Waals surface area (Å²) in [7, 11) is 0. The van der Waals surface area contributed by atoms with Gasteiger partial charge < -0.3 is 10.2 Å². The van der Waals surface area contributed by atoms with Crippen LogP contribution in [0.1, 0.15) is 36.3 Å². The van der Waals surface area contributed by atoms with E-state index in [0.717, 1.165) is 25.7 Å². The third-order valence-corrected chi connectivity index (χ3v) is 3.61. The van der Waals surface area contributed by atoms with Crippen LogP contribution in [0.3, 0.4) is 0 Å². The Morgan fingerprint density at radius 2 is 1.95 bits per heavy atom. The molecular formula is C11H16N6O2. The Morgan fingerprint density at radius 1 is 1.21 bits per heavy atom. The van der Waals surface area contributed by atoms with E-state index in [0.29, 0.717) is 13.1 Å². The fourth-order valence-electron chi connectivity index (χ4n) is 2.29. The van der Waals surface area contributed by atoms with Gasteiger partial charge in [-0.05, 0) is 30.9 Å². The maximum Gasteiger partial charge on any atom is 0.295 e. The number of amides is 2. The number of carbonyl (C=O) groups excluding carboxylic acids is 2. The van der Waals surface area contributed by atoms with E-state index in [1.807, 2.05) is 0 Å². The molecule has 102 valence electrons. The van der Waals surface area contributed by atoms with Crippen LogP contribution in [0.25, 0.3) is 0 Å². The molecule has 0 bridgehead atoms. The van der Waals surface area contributed by atoms with Crippen molar-refractivity contribution < 1.29 is 9.59 Å². The van der Waals surface area contributed by atoms with Gasteiger partial charge >= 0.3 is 0 Å². The molecule has 1 saturated heterocycles. The number of H-pyrrole nitrogens is 1. The standard InChI is InChI=1S/C11H16N6O2/c18-10(7-1-2-7)12-8-3-5-17(6-4-8)11(19)9-13-15-16-14-9/h7-8H,1-6H2,(H,12,18)(H,13,14,15,16). The van der Waals surface area contributed by atoms with E-state index in [-0.39, 0.29) is 29.6 Å². The molecule has 19 heavy (non-hydrogen) atoms. The molecule has 1 aliphatic carbocycles. The van der Waals surface area contributed by atoms with Crippen molar-refractivity contribution in [3.05, 3.63) is 5.82 Å². The van der Waals surface area contributed by atoms with Gasteiger partial charge in [0.05, 0.1) is 0 Å². The van der Waals surface area contributed by atoms with Crippen LogP contribution in [0, 0.1) is 5.92 Å². The maximum atomic E-state index is 12.0. The van der Waals surface area contributed by atoms with Crippen molar-refractivity contribution in [3.63, 3.8) is 0 Å². The molecule has 0 aromatic carbocycles. The summed E-state index contributed by atoms with van der Waals surface area (Å²) in [6, 6.07) is 0.183. The second-order valence-corrected chi connectivity index (χ2v) is 5.08. The van der Waals surface area contributed by atoms with E-state index < -0.39 is 0 Å². The summed E-state index contributed by atoms with van der Waals surface area (Å²) in [5.41, 5.74) is 0. The topological polar surface area (TPSA) is 104 Å². The van der Waals surface area contributed by atoms with Crippen LogP contribution in [-0.4, -0.2) is 56.5 Å². The van der Waals surface area contributed by atoms with E-state index >= 15 is 0 Å². The second-order valence-electron chi connectivity index (χ2n) is 5.08. The zero-order valence-corrected chi connectivity index (χ0v) is 10.5. The van der Waals surface area contributed by atoms with E-state index in [1.165, 1.54) is 0 Å². The van der Waals surface area contributed by atoms with Gasteiger partial charge in [0.25, 0.3) is 11.7 Å². The first-order valence-corrected chi connectivity index (χ1v) is 6.57. The Hall–Kier alpha value is -1.99. The molecule has 1 aliphatic heterocycles. The minimum absolute atomic E-state index is 0.0977. The van der Waals surface area contributed by atoms with Crippen LogP contribution in [0.15, 0.2) is 0 Å². The Kier molecular flexibility index (Phi) is 3.14. The summed E-state index contributed by atoms with van der Waals surface area (Å²) in [6.45, 7) is 1.23. The molecule has 1 aromatic heterocycles.